The maximum atomic E-state index is 11.6. The van der Waals surface area contributed by atoms with Crippen LogP contribution in [-0.2, 0) is 0 Å². The summed E-state index contributed by atoms with van der Waals surface area (Å²) >= 11 is 5.70. The number of nitrogens with zero attached hydrogens (tertiary/aromatic N) is 2. The fourth-order valence-electron chi connectivity index (χ4n) is 1.08. The highest BCUT2D eigenvalue weighted by Gasteiger charge is 2.20. The topological polar surface area (TPSA) is 60.9 Å². The normalized spacial score (nSPS) is 9.69. The Hall–Kier alpha value is -1.75. The lowest BCUT2D eigenvalue weighted by Gasteiger charge is -2.21. The third-order valence-corrected chi connectivity index (χ3v) is 2.33. The van der Waals surface area contributed by atoms with Crippen molar-refractivity contribution in [3.05, 3.63) is 29.3 Å². The lowest BCUT2D eigenvalue weighted by Crippen LogP contribution is -2.41. The smallest absolute Gasteiger partial charge is 0.415 e. The van der Waals surface area contributed by atoms with E-state index in [-0.39, 0.29) is 0 Å². The molecule has 0 heterocycles. The van der Waals surface area contributed by atoms with Gasteiger partial charge in [0.2, 0.25) is 0 Å². The minimum Gasteiger partial charge on any atom is -0.465 e. The average molecular weight is 243 g/mol. The molecule has 0 aliphatic rings. The lowest BCUT2D eigenvalue weighted by atomic mass is 10.3. The van der Waals surface area contributed by atoms with E-state index in [2.05, 4.69) is 0 Å². The van der Waals surface area contributed by atoms with E-state index in [4.69, 9.17) is 16.7 Å². The molecule has 5 nitrogen and oxygen atoms in total. The molecule has 0 bridgehead atoms. The molecule has 6 heteroatoms. The van der Waals surface area contributed by atoms with Gasteiger partial charge in [-0.2, -0.15) is 0 Å². The third kappa shape index (κ3) is 2.64. The predicted octanol–water partition coefficient (Wildman–Crippen LogP) is 2.51. The van der Waals surface area contributed by atoms with E-state index in [1.54, 1.807) is 24.3 Å². The van der Waals surface area contributed by atoms with Crippen LogP contribution in [0, 0.1) is 0 Å². The van der Waals surface area contributed by atoms with Crippen molar-refractivity contribution in [2.24, 2.45) is 0 Å². The second kappa shape index (κ2) is 4.85. The number of imide groups is 1. The highest BCUT2D eigenvalue weighted by Crippen LogP contribution is 2.17. The van der Waals surface area contributed by atoms with E-state index in [1.807, 2.05) is 0 Å². The number of hydrogen-bond acceptors (Lipinski definition) is 2. The zero-order valence-electron chi connectivity index (χ0n) is 8.85. The summed E-state index contributed by atoms with van der Waals surface area (Å²) < 4.78 is 0. The maximum absolute atomic E-state index is 11.6. The van der Waals surface area contributed by atoms with Crippen molar-refractivity contribution in [1.82, 2.24) is 4.90 Å². The molecule has 86 valence electrons. The summed E-state index contributed by atoms with van der Waals surface area (Å²) in [5, 5.41) is 9.20. The van der Waals surface area contributed by atoms with Crippen LogP contribution in [0.5, 0.6) is 0 Å². The van der Waals surface area contributed by atoms with Crippen molar-refractivity contribution in [2.45, 2.75) is 0 Å². The van der Waals surface area contributed by atoms with Gasteiger partial charge in [0.1, 0.15) is 0 Å². The van der Waals surface area contributed by atoms with Crippen molar-refractivity contribution in [3.8, 4) is 0 Å². The Morgan fingerprint density at radius 2 is 1.69 bits per heavy atom. The Morgan fingerprint density at radius 3 is 2.12 bits per heavy atom. The van der Waals surface area contributed by atoms with Gasteiger partial charge in [-0.05, 0) is 24.3 Å². The molecule has 0 saturated carbocycles. The fraction of sp³-hybridized carbons (Fsp3) is 0.200. The van der Waals surface area contributed by atoms with E-state index < -0.39 is 12.1 Å². The van der Waals surface area contributed by atoms with Crippen LogP contribution in [0.4, 0.5) is 15.3 Å². The van der Waals surface area contributed by atoms with Gasteiger partial charge in [-0.15, -0.1) is 0 Å². The van der Waals surface area contributed by atoms with Crippen molar-refractivity contribution in [2.75, 3.05) is 19.0 Å². The predicted molar refractivity (Wildman–Crippen MR) is 61.0 cm³/mol. The van der Waals surface area contributed by atoms with Gasteiger partial charge in [0.15, 0.2) is 0 Å². The molecule has 3 amide bonds. The highest BCUT2D eigenvalue weighted by atomic mass is 35.5. The van der Waals surface area contributed by atoms with E-state index in [0.717, 1.165) is 0 Å². The second-order valence-corrected chi connectivity index (χ2v) is 3.60. The van der Waals surface area contributed by atoms with Crippen LogP contribution in [0.25, 0.3) is 0 Å². The first-order chi connectivity index (χ1) is 7.43. The summed E-state index contributed by atoms with van der Waals surface area (Å²) in [6.45, 7) is 0. The molecular formula is C10H11ClN2O3. The van der Waals surface area contributed by atoms with Crippen molar-refractivity contribution < 1.29 is 14.7 Å². The number of anilines is 1. The molecule has 0 fully saturated rings. The number of hydrogen-bond donors (Lipinski definition) is 1. The Labute approximate surface area is 97.8 Å². The van der Waals surface area contributed by atoms with E-state index in [9.17, 15) is 9.59 Å². The van der Waals surface area contributed by atoms with Crippen LogP contribution in [-0.4, -0.2) is 36.2 Å². The zero-order valence-corrected chi connectivity index (χ0v) is 9.60. The molecule has 0 aliphatic heterocycles. The summed E-state index contributed by atoms with van der Waals surface area (Å²) in [6, 6.07) is 5.89. The van der Waals surface area contributed by atoms with E-state index in [1.165, 1.54) is 19.0 Å². The minimum absolute atomic E-state index is 0.552. The highest BCUT2D eigenvalue weighted by molar-refractivity contribution is 6.30. The number of amides is 3. The largest absolute Gasteiger partial charge is 0.465 e. The molecule has 16 heavy (non-hydrogen) atoms. The van der Waals surface area contributed by atoms with Gasteiger partial charge in [0.25, 0.3) is 0 Å². The van der Waals surface area contributed by atoms with Gasteiger partial charge in [0, 0.05) is 24.8 Å². The van der Waals surface area contributed by atoms with Crippen LogP contribution < -0.4 is 4.90 Å². The van der Waals surface area contributed by atoms with E-state index >= 15 is 0 Å². The minimum atomic E-state index is -1.30. The number of rotatable bonds is 1. The van der Waals surface area contributed by atoms with Crippen molar-refractivity contribution in [3.63, 3.8) is 0 Å². The summed E-state index contributed by atoms with van der Waals surface area (Å²) in [5.41, 5.74) is 0.572. The molecule has 0 saturated heterocycles. The summed E-state index contributed by atoms with van der Waals surface area (Å²) in [4.78, 5) is 24.0. The van der Waals surface area contributed by atoms with Gasteiger partial charge < -0.3 is 5.11 Å². The third-order valence-electron chi connectivity index (χ3n) is 2.07. The fourth-order valence-corrected chi connectivity index (χ4v) is 1.21. The van der Waals surface area contributed by atoms with Crippen LogP contribution in [0.1, 0.15) is 0 Å². The molecule has 1 rings (SSSR count). The number of halogens is 1. The van der Waals surface area contributed by atoms with Crippen LogP contribution >= 0.6 is 11.6 Å². The molecule has 1 N–H and O–H groups in total. The van der Waals surface area contributed by atoms with Crippen LogP contribution in [0.2, 0.25) is 5.02 Å². The average Bonchev–Trinajstić information content (AvgIpc) is 2.27. The number of carbonyl (C=O) groups is 2. The van der Waals surface area contributed by atoms with Crippen molar-refractivity contribution in [1.29, 1.82) is 0 Å². The molecule has 0 unspecified atom stereocenters. The Balaban J connectivity index is 2.85. The first-order valence-electron chi connectivity index (χ1n) is 4.43. The number of benzene rings is 1. The molecule has 0 aromatic heterocycles. The molecule has 0 radical (unpaired) electrons. The molecule has 0 spiro atoms. The summed E-state index contributed by atoms with van der Waals surface area (Å²) in [7, 11) is 2.68. The molecule has 1 aromatic carbocycles. The van der Waals surface area contributed by atoms with Crippen LogP contribution in [0.15, 0.2) is 24.3 Å². The Kier molecular flexibility index (Phi) is 3.73. The van der Waals surface area contributed by atoms with Crippen molar-refractivity contribution >= 4 is 29.4 Å². The van der Waals surface area contributed by atoms with Gasteiger partial charge in [-0.1, -0.05) is 11.6 Å². The monoisotopic (exact) mass is 242 g/mol. The lowest BCUT2D eigenvalue weighted by molar-refractivity contribution is 0.159. The maximum Gasteiger partial charge on any atom is 0.415 e. The number of urea groups is 1. The molecule has 0 aliphatic carbocycles. The van der Waals surface area contributed by atoms with Crippen LogP contribution in [0.3, 0.4) is 0 Å². The first-order valence-corrected chi connectivity index (χ1v) is 4.81. The molecular weight excluding hydrogens is 232 g/mol. The summed E-state index contributed by atoms with van der Waals surface area (Å²) in [5.74, 6) is 0. The second-order valence-electron chi connectivity index (χ2n) is 3.16. The Morgan fingerprint density at radius 1 is 1.19 bits per heavy atom. The standard InChI is InChI=1S/C10H11ClN2O3/c1-12(9(14)13(2)10(15)16)8-5-3-7(11)4-6-8/h3-6H,1-2H3,(H,15,16). The Bertz CT molecular complexity index is 405. The van der Waals surface area contributed by atoms with Gasteiger partial charge >= 0.3 is 12.1 Å². The number of carboxylic acid groups (broad SMARTS) is 1. The van der Waals surface area contributed by atoms with Gasteiger partial charge in [-0.25, -0.2) is 14.5 Å². The van der Waals surface area contributed by atoms with Gasteiger partial charge in [-0.3, -0.25) is 4.90 Å². The molecule has 1 aromatic rings. The molecule has 0 atom stereocenters. The van der Waals surface area contributed by atoms with Gasteiger partial charge in [0.05, 0.1) is 0 Å². The van der Waals surface area contributed by atoms with E-state index in [0.29, 0.717) is 15.6 Å². The first kappa shape index (κ1) is 12.3. The zero-order chi connectivity index (χ0) is 12.3. The summed E-state index contributed by atoms with van der Waals surface area (Å²) in [6.07, 6.45) is -1.30. The SMILES string of the molecule is CN(C(=O)O)C(=O)N(C)c1ccc(Cl)cc1. The quantitative estimate of drug-likeness (QED) is 0.823. The number of carbonyl (C=O) groups excluding carboxylic acids is 1.